The zero-order valence-electron chi connectivity index (χ0n) is 5.23. The van der Waals surface area contributed by atoms with Crippen LogP contribution >= 0.6 is 24.8 Å². The Hall–Kier alpha value is 0.500. The standard InChI is InChI=1S/C4H12N2.2ClH/c1-5-3-4-6-2;;/h5-6H,3-4H2,1-2H3;2*1H. The molecular weight excluding hydrogens is 147 g/mol. The van der Waals surface area contributed by atoms with Crippen LogP contribution in [-0.2, 0) is 0 Å². The number of halogens is 2. The Morgan fingerprint density at radius 2 is 1.12 bits per heavy atom. The van der Waals surface area contributed by atoms with Gasteiger partial charge in [0.25, 0.3) is 0 Å². The fraction of sp³-hybridized carbons (Fsp3) is 1.00. The summed E-state index contributed by atoms with van der Waals surface area (Å²) in [5.41, 5.74) is 0. The van der Waals surface area contributed by atoms with Gasteiger partial charge in [-0.05, 0) is 14.1 Å². The Kier molecular flexibility index (Phi) is 30.9. The highest BCUT2D eigenvalue weighted by molar-refractivity contribution is 5.85. The predicted molar refractivity (Wildman–Crippen MR) is 42.3 cm³/mol. The van der Waals surface area contributed by atoms with E-state index in [1.165, 1.54) is 0 Å². The van der Waals surface area contributed by atoms with Gasteiger partial charge in [-0.15, -0.1) is 24.8 Å². The maximum atomic E-state index is 3.01. The Labute approximate surface area is 63.2 Å². The van der Waals surface area contributed by atoms with E-state index in [1.54, 1.807) is 0 Å². The molecule has 0 rings (SSSR count). The Morgan fingerprint density at radius 1 is 0.875 bits per heavy atom. The minimum Gasteiger partial charge on any atom is -0.318 e. The van der Waals surface area contributed by atoms with Gasteiger partial charge >= 0.3 is 0 Å². The maximum Gasteiger partial charge on any atom is 0.00736 e. The zero-order chi connectivity index (χ0) is 4.83. The molecule has 8 heavy (non-hydrogen) atoms. The Bertz CT molecular complexity index is 24.0. The van der Waals surface area contributed by atoms with Gasteiger partial charge in [0.05, 0.1) is 0 Å². The highest BCUT2D eigenvalue weighted by Crippen LogP contribution is 1.45. The summed E-state index contributed by atoms with van der Waals surface area (Å²) in [5, 5.41) is 6.01. The van der Waals surface area contributed by atoms with Gasteiger partial charge in [-0.1, -0.05) is 0 Å². The molecule has 0 aliphatic carbocycles. The summed E-state index contributed by atoms with van der Waals surface area (Å²) in [4.78, 5) is 0. The lowest BCUT2D eigenvalue weighted by molar-refractivity contribution is 0.718. The van der Waals surface area contributed by atoms with Crippen molar-refractivity contribution in [2.24, 2.45) is 0 Å². The average Bonchev–Trinajstić information content (AvgIpc) is 1.61. The van der Waals surface area contributed by atoms with Crippen molar-refractivity contribution in [2.45, 2.75) is 0 Å². The maximum absolute atomic E-state index is 3.01. The summed E-state index contributed by atoms with van der Waals surface area (Å²) >= 11 is 0. The average molecular weight is 161 g/mol. The summed E-state index contributed by atoms with van der Waals surface area (Å²) in [6, 6.07) is 0. The second-order valence-corrected chi connectivity index (χ2v) is 1.21. The van der Waals surface area contributed by atoms with Crippen molar-refractivity contribution in [3.8, 4) is 0 Å². The van der Waals surface area contributed by atoms with Crippen LogP contribution in [0.2, 0.25) is 0 Å². The third kappa shape index (κ3) is 16.1. The van der Waals surface area contributed by atoms with Crippen LogP contribution in [0, 0.1) is 0 Å². The van der Waals surface area contributed by atoms with Crippen molar-refractivity contribution < 1.29 is 0 Å². The molecule has 2 N–H and O–H groups in total. The molecule has 0 aromatic heterocycles. The SMILES string of the molecule is CNCCNC.Cl.Cl. The van der Waals surface area contributed by atoms with Gasteiger partial charge in [-0.2, -0.15) is 0 Å². The highest BCUT2D eigenvalue weighted by Gasteiger charge is 1.70. The van der Waals surface area contributed by atoms with Crippen molar-refractivity contribution in [1.29, 1.82) is 0 Å². The second-order valence-electron chi connectivity index (χ2n) is 1.21. The smallest absolute Gasteiger partial charge is 0.00736 e. The van der Waals surface area contributed by atoms with Crippen molar-refractivity contribution >= 4 is 24.8 Å². The van der Waals surface area contributed by atoms with Gasteiger partial charge in [-0.3, -0.25) is 0 Å². The van der Waals surface area contributed by atoms with Crippen molar-refractivity contribution in [1.82, 2.24) is 10.6 Å². The van der Waals surface area contributed by atoms with E-state index in [1.807, 2.05) is 14.1 Å². The van der Waals surface area contributed by atoms with E-state index in [4.69, 9.17) is 0 Å². The number of nitrogens with one attached hydrogen (secondary N) is 2. The van der Waals surface area contributed by atoms with Crippen molar-refractivity contribution in [2.75, 3.05) is 27.2 Å². The lowest BCUT2D eigenvalue weighted by Crippen LogP contribution is -2.21. The van der Waals surface area contributed by atoms with Crippen LogP contribution in [0.25, 0.3) is 0 Å². The molecule has 0 radical (unpaired) electrons. The summed E-state index contributed by atoms with van der Waals surface area (Å²) in [6.07, 6.45) is 0. The predicted octanol–water partition coefficient (Wildman–Crippen LogP) is 0.269. The quantitative estimate of drug-likeness (QED) is 0.580. The first-order valence-electron chi connectivity index (χ1n) is 2.21. The molecule has 0 spiro atoms. The van der Waals surface area contributed by atoms with Crippen LogP contribution in [0.1, 0.15) is 0 Å². The van der Waals surface area contributed by atoms with Gasteiger partial charge in [0, 0.05) is 13.1 Å². The molecular formula is C4H14Cl2N2. The van der Waals surface area contributed by atoms with E-state index >= 15 is 0 Å². The van der Waals surface area contributed by atoms with Gasteiger partial charge in [0.15, 0.2) is 0 Å². The van der Waals surface area contributed by atoms with Crippen molar-refractivity contribution in [3.05, 3.63) is 0 Å². The number of hydrogen-bond donors (Lipinski definition) is 2. The normalized spacial score (nSPS) is 6.75. The third-order valence-electron chi connectivity index (χ3n) is 0.625. The van der Waals surface area contributed by atoms with E-state index in [2.05, 4.69) is 10.6 Å². The van der Waals surface area contributed by atoms with Gasteiger partial charge in [0.1, 0.15) is 0 Å². The molecule has 0 aromatic rings. The zero-order valence-corrected chi connectivity index (χ0v) is 6.86. The van der Waals surface area contributed by atoms with Gasteiger partial charge in [-0.25, -0.2) is 0 Å². The molecule has 0 aromatic carbocycles. The molecule has 4 heteroatoms. The van der Waals surface area contributed by atoms with Crippen molar-refractivity contribution in [3.63, 3.8) is 0 Å². The van der Waals surface area contributed by atoms with Crippen LogP contribution in [-0.4, -0.2) is 27.2 Å². The first kappa shape index (κ1) is 15.8. The van der Waals surface area contributed by atoms with Gasteiger partial charge in [0.2, 0.25) is 0 Å². The summed E-state index contributed by atoms with van der Waals surface area (Å²) in [5.74, 6) is 0. The molecule has 54 valence electrons. The molecule has 0 saturated carbocycles. The van der Waals surface area contributed by atoms with Crippen LogP contribution in [0.15, 0.2) is 0 Å². The molecule has 0 aliphatic rings. The minimum atomic E-state index is 0. The fourth-order valence-corrected chi connectivity index (χ4v) is 0.250. The highest BCUT2D eigenvalue weighted by atomic mass is 35.5. The summed E-state index contributed by atoms with van der Waals surface area (Å²) in [6.45, 7) is 2.10. The van der Waals surface area contributed by atoms with Crippen LogP contribution in [0.5, 0.6) is 0 Å². The number of likely N-dealkylation sites (N-methyl/N-ethyl adjacent to an activating group) is 2. The van der Waals surface area contributed by atoms with Crippen LogP contribution in [0.4, 0.5) is 0 Å². The van der Waals surface area contributed by atoms with E-state index in [0.29, 0.717) is 0 Å². The fourth-order valence-electron chi connectivity index (χ4n) is 0.250. The summed E-state index contributed by atoms with van der Waals surface area (Å²) in [7, 11) is 3.88. The van der Waals surface area contributed by atoms with E-state index in [9.17, 15) is 0 Å². The summed E-state index contributed by atoms with van der Waals surface area (Å²) < 4.78 is 0. The molecule has 0 heterocycles. The van der Waals surface area contributed by atoms with E-state index in [0.717, 1.165) is 13.1 Å². The second kappa shape index (κ2) is 15.6. The molecule has 0 fully saturated rings. The number of hydrogen-bond acceptors (Lipinski definition) is 2. The minimum absolute atomic E-state index is 0. The van der Waals surface area contributed by atoms with E-state index in [-0.39, 0.29) is 24.8 Å². The molecule has 2 nitrogen and oxygen atoms in total. The van der Waals surface area contributed by atoms with E-state index < -0.39 is 0 Å². The third-order valence-corrected chi connectivity index (χ3v) is 0.625. The number of rotatable bonds is 3. The topological polar surface area (TPSA) is 24.1 Å². The first-order chi connectivity index (χ1) is 2.91. The Balaban J connectivity index is -0.000000125. The molecule has 0 atom stereocenters. The molecule has 0 saturated heterocycles. The van der Waals surface area contributed by atoms with Crippen LogP contribution < -0.4 is 10.6 Å². The molecule has 0 aliphatic heterocycles. The monoisotopic (exact) mass is 160 g/mol. The molecule has 0 unspecified atom stereocenters. The van der Waals surface area contributed by atoms with Crippen LogP contribution in [0.3, 0.4) is 0 Å². The van der Waals surface area contributed by atoms with Gasteiger partial charge < -0.3 is 10.6 Å². The first-order valence-corrected chi connectivity index (χ1v) is 2.21. The Morgan fingerprint density at radius 3 is 1.25 bits per heavy atom. The largest absolute Gasteiger partial charge is 0.318 e. The molecule has 0 bridgehead atoms. The lowest BCUT2D eigenvalue weighted by atomic mass is 10.6. The lowest BCUT2D eigenvalue weighted by Gasteiger charge is -1.92. The molecule has 0 amide bonds.